The number of carbonyl (C=O) groups is 1. The topological polar surface area (TPSA) is 50.7 Å². The molecular weight excluding hydrogens is 212 g/mol. The zero-order valence-corrected chi connectivity index (χ0v) is 10.1. The Bertz CT molecular complexity index is 244. The molecule has 15 heavy (non-hydrogen) atoms. The molecule has 0 spiro atoms. The first-order valence-corrected chi connectivity index (χ1v) is 6.30. The molecule has 86 valence electrons. The lowest BCUT2D eigenvalue weighted by Gasteiger charge is -2.21. The highest BCUT2D eigenvalue weighted by Gasteiger charge is 2.12. The molecular formula is C10H18N2O2S. The van der Waals surface area contributed by atoms with Crippen molar-refractivity contribution in [2.24, 2.45) is 4.99 Å². The first-order chi connectivity index (χ1) is 7.22. The van der Waals surface area contributed by atoms with Gasteiger partial charge in [-0.1, -0.05) is 11.8 Å². The number of rotatable bonds is 4. The van der Waals surface area contributed by atoms with E-state index in [9.17, 15) is 4.79 Å². The SMILES string of the molecule is CCOC(=O)CCN=C1NC(C)CCS1. The van der Waals surface area contributed by atoms with Crippen LogP contribution in [0.3, 0.4) is 0 Å². The Morgan fingerprint density at radius 1 is 1.73 bits per heavy atom. The maximum atomic E-state index is 11.0. The largest absolute Gasteiger partial charge is 0.466 e. The summed E-state index contributed by atoms with van der Waals surface area (Å²) < 4.78 is 4.82. The van der Waals surface area contributed by atoms with E-state index in [2.05, 4.69) is 17.2 Å². The van der Waals surface area contributed by atoms with Crippen LogP contribution in [0.5, 0.6) is 0 Å². The lowest BCUT2D eigenvalue weighted by molar-refractivity contribution is -0.142. The summed E-state index contributed by atoms with van der Waals surface area (Å²) in [6.45, 7) is 4.91. The normalized spacial score (nSPS) is 23.6. The van der Waals surface area contributed by atoms with E-state index in [-0.39, 0.29) is 5.97 Å². The number of amidine groups is 1. The molecule has 1 N–H and O–H groups in total. The van der Waals surface area contributed by atoms with Gasteiger partial charge in [0.15, 0.2) is 5.17 Å². The summed E-state index contributed by atoms with van der Waals surface area (Å²) in [5.74, 6) is 0.933. The van der Waals surface area contributed by atoms with Crippen LogP contribution in [-0.2, 0) is 9.53 Å². The van der Waals surface area contributed by atoms with Crippen molar-refractivity contribution in [1.82, 2.24) is 5.32 Å². The van der Waals surface area contributed by atoms with E-state index in [1.807, 2.05) is 6.92 Å². The number of hydrogen-bond donors (Lipinski definition) is 1. The van der Waals surface area contributed by atoms with Crippen molar-refractivity contribution in [1.29, 1.82) is 0 Å². The van der Waals surface area contributed by atoms with Crippen LogP contribution in [0.15, 0.2) is 4.99 Å². The summed E-state index contributed by atoms with van der Waals surface area (Å²) in [4.78, 5) is 15.4. The molecule has 4 nitrogen and oxygen atoms in total. The summed E-state index contributed by atoms with van der Waals surface area (Å²) >= 11 is 1.72. The van der Waals surface area contributed by atoms with Crippen molar-refractivity contribution in [2.75, 3.05) is 18.9 Å². The number of aliphatic imine (C=N–C) groups is 1. The van der Waals surface area contributed by atoms with Crippen molar-refractivity contribution in [3.63, 3.8) is 0 Å². The van der Waals surface area contributed by atoms with Crippen molar-refractivity contribution in [3.8, 4) is 0 Å². The van der Waals surface area contributed by atoms with Gasteiger partial charge >= 0.3 is 5.97 Å². The highest BCUT2D eigenvalue weighted by molar-refractivity contribution is 8.13. The third kappa shape index (κ3) is 5.06. The lowest BCUT2D eigenvalue weighted by Crippen LogP contribution is -2.35. The molecule has 1 rings (SSSR count). The monoisotopic (exact) mass is 230 g/mol. The predicted molar refractivity (Wildman–Crippen MR) is 63.2 cm³/mol. The number of thioether (sulfide) groups is 1. The van der Waals surface area contributed by atoms with E-state index in [0.29, 0.717) is 25.6 Å². The molecule has 1 saturated heterocycles. The Labute approximate surface area is 94.9 Å². The van der Waals surface area contributed by atoms with Gasteiger partial charge in [0.05, 0.1) is 19.6 Å². The Morgan fingerprint density at radius 2 is 2.53 bits per heavy atom. The molecule has 1 aliphatic rings. The van der Waals surface area contributed by atoms with Gasteiger partial charge in [-0.15, -0.1) is 0 Å². The number of ether oxygens (including phenoxy) is 1. The molecule has 0 aromatic heterocycles. The molecule has 1 fully saturated rings. The molecule has 5 heteroatoms. The Kier molecular flexibility index (Phi) is 5.53. The Morgan fingerprint density at radius 3 is 3.20 bits per heavy atom. The van der Waals surface area contributed by atoms with Crippen LogP contribution in [0.2, 0.25) is 0 Å². The molecule has 1 aliphatic heterocycles. The van der Waals surface area contributed by atoms with Gasteiger partial charge in [0.1, 0.15) is 0 Å². The molecule has 0 radical (unpaired) electrons. The summed E-state index contributed by atoms with van der Waals surface area (Å²) in [5.41, 5.74) is 0. The van der Waals surface area contributed by atoms with Gasteiger partial charge in [-0.05, 0) is 20.3 Å². The van der Waals surface area contributed by atoms with Crippen LogP contribution >= 0.6 is 11.8 Å². The van der Waals surface area contributed by atoms with Crippen LogP contribution in [0, 0.1) is 0 Å². The molecule has 1 atom stereocenters. The zero-order chi connectivity index (χ0) is 11.1. The van der Waals surface area contributed by atoms with Gasteiger partial charge < -0.3 is 10.1 Å². The minimum atomic E-state index is -0.171. The standard InChI is InChI=1S/C10H18N2O2S/c1-3-14-9(13)4-6-11-10-12-8(2)5-7-15-10/h8H,3-7H2,1-2H3,(H,11,12). The van der Waals surface area contributed by atoms with Gasteiger partial charge in [-0.3, -0.25) is 9.79 Å². The predicted octanol–water partition coefficient (Wildman–Crippen LogP) is 1.41. The van der Waals surface area contributed by atoms with Gasteiger partial charge in [0.25, 0.3) is 0 Å². The number of nitrogens with zero attached hydrogens (tertiary/aromatic N) is 1. The zero-order valence-electron chi connectivity index (χ0n) is 9.28. The van der Waals surface area contributed by atoms with Crippen LogP contribution in [0.4, 0.5) is 0 Å². The average molecular weight is 230 g/mol. The summed E-state index contributed by atoms with van der Waals surface area (Å²) in [6.07, 6.45) is 1.54. The molecule has 0 aromatic rings. The van der Waals surface area contributed by atoms with E-state index in [0.717, 1.165) is 10.9 Å². The fourth-order valence-electron chi connectivity index (χ4n) is 1.23. The van der Waals surface area contributed by atoms with Crippen LogP contribution < -0.4 is 5.32 Å². The fraction of sp³-hybridized carbons (Fsp3) is 0.800. The second-order valence-corrected chi connectivity index (χ2v) is 4.51. The van der Waals surface area contributed by atoms with Crippen molar-refractivity contribution in [3.05, 3.63) is 0 Å². The van der Waals surface area contributed by atoms with E-state index in [1.54, 1.807) is 11.8 Å². The van der Waals surface area contributed by atoms with Gasteiger partial charge in [0, 0.05) is 11.8 Å². The van der Waals surface area contributed by atoms with Gasteiger partial charge in [-0.2, -0.15) is 0 Å². The van der Waals surface area contributed by atoms with E-state index >= 15 is 0 Å². The maximum absolute atomic E-state index is 11.0. The van der Waals surface area contributed by atoms with Crippen molar-refractivity contribution in [2.45, 2.75) is 32.7 Å². The van der Waals surface area contributed by atoms with E-state index < -0.39 is 0 Å². The number of hydrogen-bond acceptors (Lipinski definition) is 4. The minimum absolute atomic E-state index is 0.171. The van der Waals surface area contributed by atoms with E-state index in [4.69, 9.17) is 4.74 Å². The highest BCUT2D eigenvalue weighted by Crippen LogP contribution is 2.13. The summed E-state index contributed by atoms with van der Waals surface area (Å²) in [6, 6.07) is 0.493. The lowest BCUT2D eigenvalue weighted by atomic mass is 10.3. The molecule has 0 aromatic carbocycles. The average Bonchev–Trinajstić information content (AvgIpc) is 2.18. The number of esters is 1. The van der Waals surface area contributed by atoms with Gasteiger partial charge in [-0.25, -0.2) is 0 Å². The number of nitrogens with one attached hydrogen (secondary N) is 1. The first-order valence-electron chi connectivity index (χ1n) is 5.31. The van der Waals surface area contributed by atoms with Crippen molar-refractivity contribution < 1.29 is 9.53 Å². The van der Waals surface area contributed by atoms with Crippen LogP contribution in [0.25, 0.3) is 0 Å². The molecule has 0 saturated carbocycles. The quantitative estimate of drug-likeness (QED) is 0.742. The third-order valence-electron chi connectivity index (χ3n) is 2.04. The molecule has 0 bridgehead atoms. The third-order valence-corrected chi connectivity index (χ3v) is 3.00. The second kappa shape index (κ2) is 6.71. The molecule has 1 heterocycles. The maximum Gasteiger partial charge on any atom is 0.307 e. The fourth-order valence-corrected chi connectivity index (χ4v) is 2.36. The summed E-state index contributed by atoms with van der Waals surface area (Å²) in [7, 11) is 0. The highest BCUT2D eigenvalue weighted by atomic mass is 32.2. The minimum Gasteiger partial charge on any atom is -0.466 e. The Hall–Kier alpha value is -0.710. The summed E-state index contributed by atoms with van der Waals surface area (Å²) in [5, 5.41) is 4.24. The number of carbonyl (C=O) groups excluding carboxylic acids is 1. The Balaban J connectivity index is 2.22. The molecule has 0 amide bonds. The second-order valence-electron chi connectivity index (χ2n) is 3.42. The van der Waals surface area contributed by atoms with Crippen LogP contribution in [-0.4, -0.2) is 36.1 Å². The smallest absolute Gasteiger partial charge is 0.307 e. The first kappa shape index (κ1) is 12.4. The molecule has 1 unspecified atom stereocenters. The van der Waals surface area contributed by atoms with Crippen LogP contribution in [0.1, 0.15) is 26.7 Å². The molecule has 0 aliphatic carbocycles. The van der Waals surface area contributed by atoms with Crippen molar-refractivity contribution >= 4 is 22.9 Å². The van der Waals surface area contributed by atoms with E-state index in [1.165, 1.54) is 6.42 Å². The van der Waals surface area contributed by atoms with Gasteiger partial charge in [0.2, 0.25) is 0 Å².